The maximum atomic E-state index is 10.9. The molecule has 0 aromatic carbocycles. The molecule has 0 saturated heterocycles. The molecule has 1 N–H and O–H groups in total. The van der Waals surface area contributed by atoms with Crippen molar-refractivity contribution in [3.05, 3.63) is 11.6 Å². The number of carboxylic acid groups (broad SMARTS) is 1. The van der Waals surface area contributed by atoms with Crippen LogP contribution in [0.25, 0.3) is 0 Å². The van der Waals surface area contributed by atoms with E-state index in [0.29, 0.717) is 25.3 Å². The van der Waals surface area contributed by atoms with Crippen molar-refractivity contribution in [2.75, 3.05) is 0 Å². The van der Waals surface area contributed by atoms with E-state index in [2.05, 4.69) is 23.9 Å². The number of carbonyl (C=O) groups is 1. The van der Waals surface area contributed by atoms with Crippen LogP contribution >= 0.6 is 0 Å². The van der Waals surface area contributed by atoms with E-state index in [0.717, 1.165) is 18.1 Å². The van der Waals surface area contributed by atoms with Gasteiger partial charge in [-0.05, 0) is 12.3 Å². The zero-order chi connectivity index (χ0) is 11.7. The molecule has 5 heteroatoms. The number of fused-ring (bicyclic) bond motifs is 1. The van der Waals surface area contributed by atoms with Gasteiger partial charge in [-0.15, -0.1) is 0 Å². The summed E-state index contributed by atoms with van der Waals surface area (Å²) in [5.74, 6) is 1.19. The van der Waals surface area contributed by atoms with Crippen LogP contribution in [0.2, 0.25) is 0 Å². The summed E-state index contributed by atoms with van der Waals surface area (Å²) in [6, 6.07) is 0. The van der Waals surface area contributed by atoms with Crippen molar-refractivity contribution in [1.82, 2.24) is 14.8 Å². The van der Waals surface area contributed by atoms with Crippen LogP contribution in [0.3, 0.4) is 0 Å². The van der Waals surface area contributed by atoms with Gasteiger partial charge in [0.1, 0.15) is 5.82 Å². The maximum Gasteiger partial charge on any atom is 0.307 e. The molecule has 1 aromatic rings. The molecule has 16 heavy (non-hydrogen) atoms. The summed E-state index contributed by atoms with van der Waals surface area (Å²) < 4.78 is 1.86. The third kappa shape index (κ3) is 2.23. The van der Waals surface area contributed by atoms with Crippen LogP contribution in [0.15, 0.2) is 0 Å². The summed E-state index contributed by atoms with van der Waals surface area (Å²) in [6.07, 6.45) is 2.03. The predicted octanol–water partition coefficient (Wildman–Crippen LogP) is 1.12. The normalized spacial score (nSPS) is 19.8. The fourth-order valence-corrected chi connectivity index (χ4v) is 2.02. The quantitative estimate of drug-likeness (QED) is 0.833. The lowest BCUT2D eigenvalue weighted by Gasteiger charge is -2.17. The van der Waals surface area contributed by atoms with Gasteiger partial charge in [-0.2, -0.15) is 5.10 Å². The number of hydrogen-bond donors (Lipinski definition) is 1. The largest absolute Gasteiger partial charge is 0.481 e. The summed E-state index contributed by atoms with van der Waals surface area (Å²) >= 11 is 0. The van der Waals surface area contributed by atoms with Gasteiger partial charge in [0.25, 0.3) is 0 Å². The fraction of sp³-hybridized carbons (Fsp3) is 0.727. The third-order valence-corrected chi connectivity index (χ3v) is 2.85. The molecule has 1 aromatic heterocycles. The summed E-state index contributed by atoms with van der Waals surface area (Å²) in [7, 11) is 0. The number of nitrogens with zero attached hydrogens (tertiary/aromatic N) is 3. The molecule has 1 aliphatic rings. The molecule has 0 amide bonds. The summed E-state index contributed by atoms with van der Waals surface area (Å²) in [5.41, 5.74) is 0. The molecule has 0 fully saturated rings. The van der Waals surface area contributed by atoms with Crippen LogP contribution in [-0.4, -0.2) is 25.8 Å². The van der Waals surface area contributed by atoms with Crippen LogP contribution in [-0.2, 0) is 24.2 Å². The van der Waals surface area contributed by atoms with Gasteiger partial charge in [-0.1, -0.05) is 13.8 Å². The highest BCUT2D eigenvalue weighted by Crippen LogP contribution is 2.19. The molecule has 0 bridgehead atoms. The zero-order valence-electron chi connectivity index (χ0n) is 9.68. The molecular weight excluding hydrogens is 206 g/mol. The van der Waals surface area contributed by atoms with Crippen molar-refractivity contribution in [2.24, 2.45) is 11.8 Å². The van der Waals surface area contributed by atoms with Crippen LogP contribution in [0.1, 0.15) is 31.9 Å². The number of carboxylic acids is 1. The second-order valence-corrected chi connectivity index (χ2v) is 4.79. The minimum Gasteiger partial charge on any atom is -0.481 e. The van der Waals surface area contributed by atoms with Gasteiger partial charge < -0.3 is 5.11 Å². The second-order valence-electron chi connectivity index (χ2n) is 4.79. The average Bonchev–Trinajstić information content (AvgIpc) is 2.56. The molecule has 5 nitrogen and oxygen atoms in total. The van der Waals surface area contributed by atoms with E-state index < -0.39 is 5.97 Å². The molecule has 0 aliphatic carbocycles. The first-order valence-corrected chi connectivity index (χ1v) is 5.71. The lowest BCUT2D eigenvalue weighted by Crippen LogP contribution is -2.26. The summed E-state index contributed by atoms with van der Waals surface area (Å²) in [6.45, 7) is 4.93. The number of rotatable bonds is 3. The molecule has 1 unspecified atom stereocenters. The summed E-state index contributed by atoms with van der Waals surface area (Å²) in [4.78, 5) is 15.3. The monoisotopic (exact) mass is 223 g/mol. The maximum absolute atomic E-state index is 10.9. The van der Waals surface area contributed by atoms with Crippen molar-refractivity contribution in [3.63, 3.8) is 0 Å². The number of aliphatic carboxylic acids is 1. The lowest BCUT2D eigenvalue weighted by molar-refractivity contribution is -0.142. The Labute approximate surface area is 94.5 Å². The van der Waals surface area contributed by atoms with E-state index >= 15 is 0 Å². The van der Waals surface area contributed by atoms with Crippen LogP contribution in [0, 0.1) is 11.8 Å². The van der Waals surface area contributed by atoms with Gasteiger partial charge in [-0.25, -0.2) is 9.67 Å². The fourth-order valence-electron chi connectivity index (χ4n) is 2.02. The Balaban J connectivity index is 2.13. The van der Waals surface area contributed by atoms with Gasteiger partial charge in [0.05, 0.1) is 5.92 Å². The highest BCUT2D eigenvalue weighted by molar-refractivity contribution is 5.70. The molecule has 2 heterocycles. The minimum absolute atomic E-state index is 0.288. The Kier molecular flexibility index (Phi) is 2.94. The average molecular weight is 223 g/mol. The first kappa shape index (κ1) is 11.1. The standard InChI is InChI=1S/C11H17N3O2/c1-7(2)5-9-12-10-6-8(11(15)16)3-4-14(10)13-9/h7-8H,3-6H2,1-2H3,(H,15,16). The molecule has 2 rings (SSSR count). The molecule has 0 radical (unpaired) electrons. The second kappa shape index (κ2) is 4.23. The van der Waals surface area contributed by atoms with Crippen LogP contribution < -0.4 is 0 Å². The Hall–Kier alpha value is -1.39. The van der Waals surface area contributed by atoms with Gasteiger partial charge in [0, 0.05) is 19.4 Å². The van der Waals surface area contributed by atoms with E-state index in [9.17, 15) is 4.79 Å². The Morgan fingerprint density at radius 1 is 1.62 bits per heavy atom. The number of aryl methyl sites for hydroxylation is 1. The SMILES string of the molecule is CC(C)Cc1nc2n(n1)CCC(C(=O)O)C2. The van der Waals surface area contributed by atoms with Crippen molar-refractivity contribution in [3.8, 4) is 0 Å². The molecule has 0 spiro atoms. The van der Waals surface area contributed by atoms with E-state index in [1.807, 2.05) is 4.68 Å². The molecule has 1 atom stereocenters. The van der Waals surface area contributed by atoms with Crippen LogP contribution in [0.5, 0.6) is 0 Å². The van der Waals surface area contributed by atoms with E-state index in [1.165, 1.54) is 0 Å². The van der Waals surface area contributed by atoms with Gasteiger partial charge in [0.15, 0.2) is 5.82 Å². The third-order valence-electron chi connectivity index (χ3n) is 2.85. The number of aromatic nitrogens is 3. The van der Waals surface area contributed by atoms with Crippen molar-refractivity contribution in [2.45, 2.75) is 39.7 Å². The van der Waals surface area contributed by atoms with E-state index in [4.69, 9.17) is 5.11 Å². The predicted molar refractivity (Wildman–Crippen MR) is 58.0 cm³/mol. The highest BCUT2D eigenvalue weighted by Gasteiger charge is 2.26. The lowest BCUT2D eigenvalue weighted by atomic mass is 9.98. The zero-order valence-corrected chi connectivity index (χ0v) is 9.68. The van der Waals surface area contributed by atoms with E-state index in [-0.39, 0.29) is 5.92 Å². The van der Waals surface area contributed by atoms with Crippen LogP contribution in [0.4, 0.5) is 0 Å². The van der Waals surface area contributed by atoms with Crippen molar-refractivity contribution >= 4 is 5.97 Å². The van der Waals surface area contributed by atoms with Crippen molar-refractivity contribution in [1.29, 1.82) is 0 Å². The van der Waals surface area contributed by atoms with E-state index in [1.54, 1.807) is 0 Å². The minimum atomic E-state index is -0.723. The number of hydrogen-bond acceptors (Lipinski definition) is 3. The van der Waals surface area contributed by atoms with Gasteiger partial charge >= 0.3 is 5.97 Å². The highest BCUT2D eigenvalue weighted by atomic mass is 16.4. The van der Waals surface area contributed by atoms with Crippen molar-refractivity contribution < 1.29 is 9.90 Å². The first-order chi connectivity index (χ1) is 7.56. The van der Waals surface area contributed by atoms with Gasteiger partial charge in [-0.3, -0.25) is 4.79 Å². The van der Waals surface area contributed by atoms with Gasteiger partial charge in [0.2, 0.25) is 0 Å². The Bertz CT molecular complexity index is 398. The smallest absolute Gasteiger partial charge is 0.307 e. The first-order valence-electron chi connectivity index (χ1n) is 5.71. The Morgan fingerprint density at radius 2 is 2.38 bits per heavy atom. The molecule has 88 valence electrons. The Morgan fingerprint density at radius 3 is 3.00 bits per heavy atom. The topological polar surface area (TPSA) is 68.0 Å². The molecular formula is C11H17N3O2. The summed E-state index contributed by atoms with van der Waals surface area (Å²) in [5, 5.41) is 13.4. The molecule has 1 aliphatic heterocycles. The molecule has 0 saturated carbocycles.